The average Bonchev–Trinajstić information content (AvgIpc) is 2.90. The first-order valence-electron chi connectivity index (χ1n) is 14.5. The van der Waals surface area contributed by atoms with Gasteiger partial charge in [0.1, 0.15) is 23.6 Å². The van der Waals surface area contributed by atoms with Gasteiger partial charge in [0.2, 0.25) is 0 Å². The Morgan fingerprint density at radius 2 is 1.52 bits per heavy atom. The van der Waals surface area contributed by atoms with Crippen LogP contribution in [0.5, 0.6) is 5.75 Å². The van der Waals surface area contributed by atoms with E-state index in [0.717, 1.165) is 46.2 Å². The third-order valence-electron chi connectivity index (χ3n) is 6.25. The van der Waals surface area contributed by atoms with E-state index < -0.39 is 17.3 Å². The van der Waals surface area contributed by atoms with Crippen LogP contribution >= 0.6 is 0 Å². The van der Waals surface area contributed by atoms with Crippen LogP contribution in [0.1, 0.15) is 89.6 Å². The predicted molar refractivity (Wildman–Crippen MR) is 165 cm³/mol. The van der Waals surface area contributed by atoms with Crippen LogP contribution in [0.4, 0.5) is 4.79 Å². The molecule has 0 spiro atoms. The summed E-state index contributed by atoms with van der Waals surface area (Å²) < 4.78 is 17.2. The number of rotatable bonds is 11. The highest BCUT2D eigenvalue weighted by Gasteiger charge is 2.21. The van der Waals surface area contributed by atoms with Crippen LogP contribution in [0.25, 0.3) is 11.1 Å². The Balaban J connectivity index is 1.82. The fourth-order valence-electron chi connectivity index (χ4n) is 4.58. The fourth-order valence-corrected chi connectivity index (χ4v) is 4.58. The van der Waals surface area contributed by atoms with Crippen LogP contribution in [0, 0.1) is 0 Å². The summed E-state index contributed by atoms with van der Waals surface area (Å²) in [6, 6.07) is 21.2. The van der Waals surface area contributed by atoms with Crippen LogP contribution in [0.3, 0.4) is 0 Å². The van der Waals surface area contributed by atoms with Crippen molar-refractivity contribution in [2.45, 2.75) is 98.2 Å². The molecule has 0 aromatic heterocycles. The number of amides is 1. The predicted octanol–water partition coefficient (Wildman–Crippen LogP) is 7.68. The molecule has 2 N–H and O–H groups in total. The van der Waals surface area contributed by atoms with Crippen LogP contribution in [0.2, 0.25) is 0 Å². The first kappa shape index (κ1) is 32.7. The summed E-state index contributed by atoms with van der Waals surface area (Å²) in [5.74, 6) is 0.294. The minimum Gasteiger partial charge on any atom is -0.489 e. The van der Waals surface area contributed by atoms with E-state index in [9.17, 15) is 14.7 Å². The van der Waals surface area contributed by atoms with Crippen LogP contribution < -0.4 is 10.1 Å². The fraction of sp³-hybridized carbons (Fsp3) is 0.429. The number of benzene rings is 3. The Hall–Kier alpha value is -3.84. The van der Waals surface area contributed by atoms with Crippen molar-refractivity contribution < 1.29 is 28.9 Å². The van der Waals surface area contributed by atoms with E-state index in [1.807, 2.05) is 102 Å². The molecule has 1 atom stereocenters. The molecule has 0 unspecified atom stereocenters. The molecule has 0 aliphatic rings. The molecule has 3 aromatic carbocycles. The van der Waals surface area contributed by atoms with E-state index in [0.29, 0.717) is 5.75 Å². The van der Waals surface area contributed by atoms with E-state index in [1.165, 1.54) is 0 Å². The zero-order valence-electron chi connectivity index (χ0n) is 26.0. The lowest BCUT2D eigenvalue weighted by Gasteiger charge is -2.24. The van der Waals surface area contributed by atoms with Gasteiger partial charge in [-0.1, -0.05) is 55.8 Å². The van der Waals surface area contributed by atoms with Crippen molar-refractivity contribution in [1.29, 1.82) is 0 Å². The Bertz CT molecular complexity index is 1350. The van der Waals surface area contributed by atoms with E-state index >= 15 is 0 Å². The molecule has 3 rings (SSSR count). The molecule has 0 heterocycles. The van der Waals surface area contributed by atoms with Gasteiger partial charge in [0.25, 0.3) is 0 Å². The second kappa shape index (κ2) is 14.4. The third kappa shape index (κ3) is 10.5. The zero-order valence-corrected chi connectivity index (χ0v) is 26.0. The minimum absolute atomic E-state index is 0.110. The van der Waals surface area contributed by atoms with Gasteiger partial charge in [-0.3, -0.25) is 4.79 Å². The topological polar surface area (TPSA) is 94.1 Å². The van der Waals surface area contributed by atoms with Crippen molar-refractivity contribution >= 4 is 12.1 Å². The standard InChI is InChI=1S/C35H45NO6/c1-8-12-30(36-33(39)42-35(5,6)7)27-15-11-14-26(20-27)29-18-24(22-37)17-25(19-29)23-40-31-16-10-9-13-28(31)21-32(38)41-34(2,3)4/h9-11,13-20,30,37H,8,12,21-23H2,1-7H3,(H,36,39)/t30-/m1/s1. The van der Waals surface area contributed by atoms with Gasteiger partial charge in [-0.2, -0.15) is 0 Å². The van der Waals surface area contributed by atoms with Gasteiger partial charge < -0.3 is 24.6 Å². The first-order valence-corrected chi connectivity index (χ1v) is 14.5. The van der Waals surface area contributed by atoms with Crippen molar-refractivity contribution in [2.24, 2.45) is 0 Å². The Morgan fingerprint density at radius 3 is 2.19 bits per heavy atom. The smallest absolute Gasteiger partial charge is 0.408 e. The summed E-state index contributed by atoms with van der Waals surface area (Å²) in [4.78, 5) is 25.0. The van der Waals surface area contributed by atoms with Gasteiger partial charge in [-0.05, 0) is 100 Å². The SMILES string of the molecule is CCC[C@@H](NC(=O)OC(C)(C)C)c1cccc(-c2cc(CO)cc(COc3ccccc3CC(=O)OC(C)(C)C)c2)c1. The molecule has 0 saturated heterocycles. The first-order chi connectivity index (χ1) is 19.8. The van der Waals surface area contributed by atoms with E-state index in [2.05, 4.69) is 18.3 Å². The summed E-state index contributed by atoms with van der Waals surface area (Å²) in [5.41, 5.74) is 4.11. The highest BCUT2D eigenvalue weighted by Crippen LogP contribution is 2.29. The number of carbonyl (C=O) groups is 2. The molecular weight excluding hydrogens is 530 g/mol. The molecule has 0 bridgehead atoms. The van der Waals surface area contributed by atoms with E-state index in [-0.39, 0.29) is 31.6 Å². The normalized spacial score (nSPS) is 12.4. The largest absolute Gasteiger partial charge is 0.489 e. The van der Waals surface area contributed by atoms with Crippen molar-refractivity contribution in [2.75, 3.05) is 0 Å². The van der Waals surface area contributed by atoms with Gasteiger partial charge in [-0.25, -0.2) is 4.79 Å². The highest BCUT2D eigenvalue weighted by atomic mass is 16.6. The maximum atomic E-state index is 12.5. The lowest BCUT2D eigenvalue weighted by molar-refractivity contribution is -0.153. The monoisotopic (exact) mass is 575 g/mol. The number of alkyl carbamates (subject to hydrolysis) is 1. The van der Waals surface area contributed by atoms with E-state index in [4.69, 9.17) is 14.2 Å². The maximum absolute atomic E-state index is 12.5. The Morgan fingerprint density at radius 1 is 0.833 bits per heavy atom. The van der Waals surface area contributed by atoms with Crippen LogP contribution in [-0.2, 0) is 33.9 Å². The molecule has 1 amide bonds. The Labute approximate surface area is 250 Å². The molecule has 0 aliphatic heterocycles. The second-order valence-electron chi connectivity index (χ2n) is 12.5. The lowest BCUT2D eigenvalue weighted by Crippen LogP contribution is -2.35. The highest BCUT2D eigenvalue weighted by molar-refractivity contribution is 5.74. The number of esters is 1. The number of hydrogen-bond donors (Lipinski definition) is 2. The van der Waals surface area contributed by atoms with Crippen molar-refractivity contribution in [3.63, 3.8) is 0 Å². The zero-order chi connectivity index (χ0) is 30.9. The van der Waals surface area contributed by atoms with Crippen LogP contribution in [0.15, 0.2) is 66.7 Å². The average molecular weight is 576 g/mol. The summed E-state index contributed by atoms with van der Waals surface area (Å²) in [6.45, 7) is 13.3. The molecule has 42 heavy (non-hydrogen) atoms. The number of ether oxygens (including phenoxy) is 3. The molecule has 226 valence electrons. The number of carbonyl (C=O) groups excluding carboxylic acids is 2. The van der Waals surface area contributed by atoms with Gasteiger partial charge in [0.05, 0.1) is 19.1 Å². The number of hydrogen-bond acceptors (Lipinski definition) is 6. The number of aliphatic hydroxyl groups excluding tert-OH is 1. The van der Waals surface area contributed by atoms with Gasteiger partial charge in [0, 0.05) is 5.56 Å². The number of nitrogens with one attached hydrogen (secondary N) is 1. The molecule has 7 heteroatoms. The minimum atomic E-state index is -0.581. The summed E-state index contributed by atoms with van der Waals surface area (Å²) in [5, 5.41) is 13.0. The van der Waals surface area contributed by atoms with Gasteiger partial charge in [-0.15, -0.1) is 0 Å². The molecular formula is C35H45NO6. The van der Waals surface area contributed by atoms with Crippen molar-refractivity contribution in [3.8, 4) is 16.9 Å². The molecule has 0 aliphatic carbocycles. The van der Waals surface area contributed by atoms with Gasteiger partial charge >= 0.3 is 12.1 Å². The molecule has 0 radical (unpaired) electrons. The third-order valence-corrected chi connectivity index (χ3v) is 6.25. The molecule has 0 fully saturated rings. The second-order valence-corrected chi connectivity index (χ2v) is 12.5. The number of aliphatic hydroxyl groups is 1. The Kier molecular flexibility index (Phi) is 11.2. The molecule has 7 nitrogen and oxygen atoms in total. The quantitative estimate of drug-likeness (QED) is 0.228. The van der Waals surface area contributed by atoms with Crippen molar-refractivity contribution in [3.05, 3.63) is 89.0 Å². The summed E-state index contributed by atoms with van der Waals surface area (Å²) >= 11 is 0. The lowest BCUT2D eigenvalue weighted by atomic mass is 9.95. The van der Waals surface area contributed by atoms with E-state index in [1.54, 1.807) is 0 Å². The van der Waals surface area contributed by atoms with Gasteiger partial charge in [0.15, 0.2) is 0 Å². The van der Waals surface area contributed by atoms with Crippen molar-refractivity contribution in [1.82, 2.24) is 5.32 Å². The summed E-state index contributed by atoms with van der Waals surface area (Å²) in [7, 11) is 0. The molecule has 3 aromatic rings. The number of para-hydroxylation sites is 1. The maximum Gasteiger partial charge on any atom is 0.408 e. The molecule has 0 saturated carbocycles. The summed E-state index contributed by atoms with van der Waals surface area (Å²) in [6.07, 6.45) is 1.32. The van der Waals surface area contributed by atoms with Crippen LogP contribution in [-0.4, -0.2) is 28.4 Å².